The van der Waals surface area contributed by atoms with E-state index in [1.165, 1.54) is 5.56 Å². The van der Waals surface area contributed by atoms with Crippen molar-refractivity contribution >= 4 is 28.2 Å². The summed E-state index contributed by atoms with van der Waals surface area (Å²) in [5.74, 6) is 0.825. The van der Waals surface area contributed by atoms with E-state index >= 15 is 0 Å². The van der Waals surface area contributed by atoms with Gasteiger partial charge in [-0.25, -0.2) is 0 Å². The number of fused-ring (bicyclic) bond motifs is 1. The third-order valence-electron chi connectivity index (χ3n) is 5.42. The minimum atomic E-state index is -0.129. The molecule has 4 aromatic rings. The zero-order valence-electron chi connectivity index (χ0n) is 16.5. The van der Waals surface area contributed by atoms with Gasteiger partial charge in [-0.05, 0) is 42.0 Å². The fourth-order valence-corrected chi connectivity index (χ4v) is 3.99. The molecule has 0 aliphatic carbocycles. The van der Waals surface area contributed by atoms with Gasteiger partial charge in [0, 0.05) is 59.2 Å². The third-order valence-corrected chi connectivity index (χ3v) is 5.67. The Balaban J connectivity index is 1.50. The fraction of sp³-hybridized carbons (Fsp3) is 0.167. The molecular formula is C24H20ClN3O2. The van der Waals surface area contributed by atoms with Crippen LogP contribution >= 0.6 is 11.6 Å². The molecule has 1 aliphatic rings. The van der Waals surface area contributed by atoms with Crippen molar-refractivity contribution in [3.05, 3.63) is 94.9 Å². The van der Waals surface area contributed by atoms with Gasteiger partial charge in [0.1, 0.15) is 5.75 Å². The fourth-order valence-electron chi connectivity index (χ4n) is 3.86. The normalized spacial score (nSPS) is 15.8. The molecule has 0 saturated heterocycles. The van der Waals surface area contributed by atoms with Gasteiger partial charge in [0.05, 0.1) is 18.3 Å². The van der Waals surface area contributed by atoms with Crippen LogP contribution in [0.25, 0.3) is 10.9 Å². The highest BCUT2D eigenvalue weighted by Crippen LogP contribution is 2.36. The minimum Gasteiger partial charge on any atom is -0.497 e. The lowest BCUT2D eigenvalue weighted by atomic mass is 10.0. The molecule has 1 unspecified atom stereocenters. The molecular weight excluding hydrogens is 398 g/mol. The predicted molar refractivity (Wildman–Crippen MR) is 118 cm³/mol. The third kappa shape index (κ3) is 3.53. The van der Waals surface area contributed by atoms with Crippen LogP contribution in [0.5, 0.6) is 5.75 Å². The molecule has 6 heteroatoms. The molecule has 2 aromatic heterocycles. The summed E-state index contributed by atoms with van der Waals surface area (Å²) in [5, 5.41) is 6.22. The van der Waals surface area contributed by atoms with Gasteiger partial charge in [-0.2, -0.15) is 0 Å². The molecule has 5 nitrogen and oxygen atoms in total. The van der Waals surface area contributed by atoms with Crippen molar-refractivity contribution in [3.8, 4) is 5.75 Å². The average Bonchev–Trinajstić information content (AvgIpc) is 3.41. The predicted octanol–water partition coefficient (Wildman–Crippen LogP) is 5.61. The first-order valence-electron chi connectivity index (χ1n) is 9.75. The molecule has 150 valence electrons. The van der Waals surface area contributed by atoms with E-state index in [2.05, 4.69) is 33.0 Å². The Morgan fingerprint density at radius 1 is 1.10 bits per heavy atom. The molecule has 0 fully saturated rings. The zero-order valence-corrected chi connectivity index (χ0v) is 17.2. The van der Waals surface area contributed by atoms with Gasteiger partial charge in [0.2, 0.25) is 0 Å². The number of pyridine rings is 1. The van der Waals surface area contributed by atoms with Gasteiger partial charge in [0.15, 0.2) is 6.10 Å². The monoisotopic (exact) mass is 417 g/mol. The van der Waals surface area contributed by atoms with E-state index in [1.54, 1.807) is 19.5 Å². The molecule has 1 atom stereocenters. The average molecular weight is 418 g/mol. The minimum absolute atomic E-state index is 0.129. The highest BCUT2D eigenvalue weighted by atomic mass is 35.5. The van der Waals surface area contributed by atoms with Crippen molar-refractivity contribution in [2.75, 3.05) is 7.11 Å². The van der Waals surface area contributed by atoms with Crippen molar-refractivity contribution in [3.63, 3.8) is 0 Å². The molecule has 0 bridgehead atoms. The maximum absolute atomic E-state index is 6.05. The molecule has 0 spiro atoms. The largest absolute Gasteiger partial charge is 0.497 e. The number of hydrogen-bond donors (Lipinski definition) is 0. The maximum atomic E-state index is 6.05. The van der Waals surface area contributed by atoms with E-state index in [-0.39, 0.29) is 6.10 Å². The quantitative estimate of drug-likeness (QED) is 0.424. The van der Waals surface area contributed by atoms with Gasteiger partial charge in [0.25, 0.3) is 0 Å². The summed E-state index contributed by atoms with van der Waals surface area (Å²) in [5.41, 5.74) is 5.37. The Morgan fingerprint density at radius 2 is 1.90 bits per heavy atom. The molecule has 2 aromatic carbocycles. The van der Waals surface area contributed by atoms with Gasteiger partial charge < -0.3 is 14.1 Å². The van der Waals surface area contributed by atoms with Crippen LogP contribution in [0.15, 0.2) is 78.3 Å². The van der Waals surface area contributed by atoms with E-state index < -0.39 is 0 Å². The number of aromatic nitrogens is 2. The highest BCUT2D eigenvalue weighted by molar-refractivity contribution is 6.30. The van der Waals surface area contributed by atoms with E-state index in [1.807, 2.05) is 42.5 Å². The number of methoxy groups -OCH3 is 1. The van der Waals surface area contributed by atoms with Crippen LogP contribution in [-0.2, 0) is 11.4 Å². The number of halogens is 1. The Morgan fingerprint density at radius 3 is 2.67 bits per heavy atom. The van der Waals surface area contributed by atoms with Crippen LogP contribution in [0.4, 0.5) is 0 Å². The smallest absolute Gasteiger partial charge is 0.160 e. The second-order valence-electron chi connectivity index (χ2n) is 7.29. The topological polar surface area (TPSA) is 48.6 Å². The lowest BCUT2D eigenvalue weighted by Gasteiger charge is -2.07. The Bertz CT molecular complexity index is 1220. The van der Waals surface area contributed by atoms with Crippen LogP contribution in [0.1, 0.15) is 29.2 Å². The summed E-state index contributed by atoms with van der Waals surface area (Å²) in [4.78, 5) is 9.94. The summed E-state index contributed by atoms with van der Waals surface area (Å²) in [6.07, 6.45) is 6.30. The van der Waals surface area contributed by atoms with Crippen molar-refractivity contribution in [1.82, 2.24) is 9.55 Å². The van der Waals surface area contributed by atoms with Crippen LogP contribution < -0.4 is 4.74 Å². The Labute approximate surface area is 179 Å². The SMILES string of the molecule is COc1ccc2c(C3CC(c4ccncc4)=NO3)cn(Cc3ccc(Cl)cc3)c2c1. The summed E-state index contributed by atoms with van der Waals surface area (Å²) >= 11 is 6.05. The first-order chi connectivity index (χ1) is 14.7. The standard InChI is InChI=1S/C24H20ClN3O2/c1-29-19-6-7-20-21(24-13-22(27-30-24)17-8-10-26-11-9-17)15-28(23(20)12-19)14-16-2-4-18(25)5-3-16/h2-12,15,24H,13-14H2,1H3. The number of benzene rings is 2. The molecule has 0 N–H and O–H groups in total. The van der Waals surface area contributed by atoms with Crippen LogP contribution in [0, 0.1) is 0 Å². The van der Waals surface area contributed by atoms with Crippen molar-refractivity contribution < 1.29 is 9.57 Å². The molecule has 0 radical (unpaired) electrons. The van der Waals surface area contributed by atoms with E-state index in [4.69, 9.17) is 21.2 Å². The zero-order chi connectivity index (χ0) is 20.5. The van der Waals surface area contributed by atoms with Crippen molar-refractivity contribution in [2.24, 2.45) is 5.16 Å². The van der Waals surface area contributed by atoms with Crippen LogP contribution in [-0.4, -0.2) is 22.4 Å². The molecule has 1 aliphatic heterocycles. The molecule has 30 heavy (non-hydrogen) atoms. The van der Waals surface area contributed by atoms with Gasteiger partial charge in [-0.1, -0.05) is 28.9 Å². The van der Waals surface area contributed by atoms with Crippen LogP contribution in [0.3, 0.4) is 0 Å². The van der Waals surface area contributed by atoms with Crippen LogP contribution in [0.2, 0.25) is 5.02 Å². The molecule has 5 rings (SSSR count). The van der Waals surface area contributed by atoms with Crippen molar-refractivity contribution in [2.45, 2.75) is 19.1 Å². The number of rotatable bonds is 5. The van der Waals surface area contributed by atoms with E-state index in [0.717, 1.165) is 51.5 Å². The highest BCUT2D eigenvalue weighted by Gasteiger charge is 2.27. The molecule has 0 amide bonds. The number of nitrogens with zero attached hydrogens (tertiary/aromatic N) is 3. The lowest BCUT2D eigenvalue weighted by Crippen LogP contribution is -2.02. The van der Waals surface area contributed by atoms with E-state index in [0.29, 0.717) is 0 Å². The second-order valence-corrected chi connectivity index (χ2v) is 7.73. The maximum Gasteiger partial charge on any atom is 0.160 e. The van der Waals surface area contributed by atoms with Gasteiger partial charge in [-0.3, -0.25) is 4.98 Å². The Hall–Kier alpha value is -3.31. The van der Waals surface area contributed by atoms with E-state index in [9.17, 15) is 0 Å². The van der Waals surface area contributed by atoms with Gasteiger partial charge >= 0.3 is 0 Å². The summed E-state index contributed by atoms with van der Waals surface area (Å²) in [6, 6.07) is 18.0. The lowest BCUT2D eigenvalue weighted by molar-refractivity contribution is 0.0866. The van der Waals surface area contributed by atoms with Gasteiger partial charge in [-0.15, -0.1) is 0 Å². The number of hydrogen-bond acceptors (Lipinski definition) is 4. The Kier molecular flexibility index (Phi) is 4.89. The first kappa shape index (κ1) is 18.7. The summed E-state index contributed by atoms with van der Waals surface area (Å²) < 4.78 is 7.69. The molecule has 3 heterocycles. The number of oxime groups is 1. The van der Waals surface area contributed by atoms with Crippen molar-refractivity contribution in [1.29, 1.82) is 0 Å². The first-order valence-corrected chi connectivity index (χ1v) is 10.1. The summed E-state index contributed by atoms with van der Waals surface area (Å²) in [7, 11) is 1.68. The second kappa shape index (κ2) is 7.84. The number of ether oxygens (including phenoxy) is 1. The summed E-state index contributed by atoms with van der Waals surface area (Å²) in [6.45, 7) is 0.728. The molecule has 0 saturated carbocycles.